The SMILES string of the molecule is Cn1ncc(NCc2ccccc2OC2CCC2)c(Cl)c1=O. The largest absolute Gasteiger partial charge is 0.490 e. The number of nitrogens with one attached hydrogen (secondary N) is 1. The highest BCUT2D eigenvalue weighted by Gasteiger charge is 2.20. The fourth-order valence-electron chi connectivity index (χ4n) is 2.26. The summed E-state index contributed by atoms with van der Waals surface area (Å²) in [5.74, 6) is 0.882. The van der Waals surface area contributed by atoms with Crippen LogP contribution < -0.4 is 15.6 Å². The minimum atomic E-state index is -0.314. The number of aryl methyl sites for hydroxylation is 1. The van der Waals surface area contributed by atoms with Crippen LogP contribution in [0.25, 0.3) is 0 Å². The molecule has 3 rings (SSSR count). The van der Waals surface area contributed by atoms with E-state index in [0.717, 1.165) is 24.2 Å². The average molecular weight is 320 g/mol. The van der Waals surface area contributed by atoms with E-state index in [9.17, 15) is 4.79 Å². The van der Waals surface area contributed by atoms with Gasteiger partial charge in [0.1, 0.15) is 10.8 Å². The number of hydrogen-bond acceptors (Lipinski definition) is 4. The molecule has 0 amide bonds. The summed E-state index contributed by atoms with van der Waals surface area (Å²) in [6.45, 7) is 0.525. The molecular weight excluding hydrogens is 302 g/mol. The van der Waals surface area contributed by atoms with Crippen LogP contribution in [0, 0.1) is 0 Å². The van der Waals surface area contributed by atoms with Gasteiger partial charge in [0.2, 0.25) is 0 Å². The molecule has 0 saturated heterocycles. The van der Waals surface area contributed by atoms with Crippen molar-refractivity contribution in [3.63, 3.8) is 0 Å². The Morgan fingerprint density at radius 2 is 2.18 bits per heavy atom. The first kappa shape index (κ1) is 14.9. The molecule has 5 nitrogen and oxygen atoms in total. The van der Waals surface area contributed by atoms with E-state index in [1.165, 1.54) is 11.1 Å². The quantitative estimate of drug-likeness (QED) is 0.920. The van der Waals surface area contributed by atoms with E-state index in [-0.39, 0.29) is 10.6 Å². The van der Waals surface area contributed by atoms with Gasteiger partial charge in [0.15, 0.2) is 0 Å². The summed E-state index contributed by atoms with van der Waals surface area (Å²) < 4.78 is 7.20. The zero-order valence-electron chi connectivity index (χ0n) is 12.4. The maximum atomic E-state index is 11.8. The number of aromatic nitrogens is 2. The fraction of sp³-hybridized carbons (Fsp3) is 0.375. The molecule has 1 aromatic carbocycles. The zero-order chi connectivity index (χ0) is 15.5. The normalized spacial score (nSPS) is 14.5. The molecule has 22 heavy (non-hydrogen) atoms. The van der Waals surface area contributed by atoms with Crippen molar-refractivity contribution in [2.24, 2.45) is 7.05 Å². The van der Waals surface area contributed by atoms with Gasteiger partial charge >= 0.3 is 0 Å². The second kappa shape index (κ2) is 6.40. The third-order valence-electron chi connectivity index (χ3n) is 3.87. The number of nitrogens with zero attached hydrogens (tertiary/aromatic N) is 2. The van der Waals surface area contributed by atoms with Gasteiger partial charge in [-0.2, -0.15) is 5.10 Å². The lowest BCUT2D eigenvalue weighted by atomic mass is 9.96. The monoisotopic (exact) mass is 319 g/mol. The second-order valence-corrected chi connectivity index (χ2v) is 5.81. The molecule has 0 bridgehead atoms. The molecule has 1 aliphatic rings. The van der Waals surface area contributed by atoms with Gasteiger partial charge in [-0.15, -0.1) is 0 Å². The maximum Gasteiger partial charge on any atom is 0.287 e. The van der Waals surface area contributed by atoms with Gasteiger partial charge in [0.05, 0.1) is 18.0 Å². The van der Waals surface area contributed by atoms with Crippen molar-refractivity contribution in [3.05, 3.63) is 51.4 Å². The number of halogens is 1. The Balaban J connectivity index is 1.74. The minimum Gasteiger partial charge on any atom is -0.490 e. The van der Waals surface area contributed by atoms with Crippen molar-refractivity contribution in [2.75, 3.05) is 5.32 Å². The lowest BCUT2D eigenvalue weighted by molar-refractivity contribution is 0.119. The van der Waals surface area contributed by atoms with Crippen LogP contribution in [0.3, 0.4) is 0 Å². The van der Waals surface area contributed by atoms with E-state index in [1.807, 2.05) is 24.3 Å². The second-order valence-electron chi connectivity index (χ2n) is 5.43. The van der Waals surface area contributed by atoms with Gasteiger partial charge in [0, 0.05) is 19.2 Å². The van der Waals surface area contributed by atoms with Crippen molar-refractivity contribution in [1.82, 2.24) is 9.78 Å². The Labute approximate surface area is 133 Å². The predicted octanol–water partition coefficient (Wildman–Crippen LogP) is 2.98. The molecule has 1 N–H and O–H groups in total. The first-order chi connectivity index (χ1) is 10.6. The van der Waals surface area contributed by atoms with Gasteiger partial charge in [-0.25, -0.2) is 4.68 Å². The molecular formula is C16H18ClN3O2. The lowest BCUT2D eigenvalue weighted by Crippen LogP contribution is -2.25. The Bertz CT molecular complexity index is 726. The van der Waals surface area contributed by atoms with Gasteiger partial charge in [-0.1, -0.05) is 29.8 Å². The van der Waals surface area contributed by atoms with E-state index in [4.69, 9.17) is 16.3 Å². The van der Waals surface area contributed by atoms with Crippen LogP contribution in [-0.2, 0) is 13.6 Å². The summed E-state index contributed by atoms with van der Waals surface area (Å²) >= 11 is 6.05. The van der Waals surface area contributed by atoms with Crippen molar-refractivity contribution in [3.8, 4) is 5.75 Å². The molecule has 0 unspecified atom stereocenters. The van der Waals surface area contributed by atoms with E-state index in [2.05, 4.69) is 10.4 Å². The number of anilines is 1. The smallest absolute Gasteiger partial charge is 0.287 e. The average Bonchev–Trinajstić information content (AvgIpc) is 2.49. The third kappa shape index (κ3) is 3.09. The maximum absolute atomic E-state index is 11.8. The molecule has 0 radical (unpaired) electrons. The number of rotatable bonds is 5. The number of ether oxygens (including phenoxy) is 1. The van der Waals surface area contributed by atoms with Gasteiger partial charge in [-0.3, -0.25) is 4.79 Å². The Morgan fingerprint density at radius 1 is 1.41 bits per heavy atom. The van der Waals surface area contributed by atoms with Crippen molar-refractivity contribution >= 4 is 17.3 Å². The van der Waals surface area contributed by atoms with Gasteiger partial charge in [0.25, 0.3) is 5.56 Å². The topological polar surface area (TPSA) is 56.1 Å². The standard InChI is InChI=1S/C16H18ClN3O2/c1-20-16(21)15(17)13(10-19-20)18-9-11-5-2-3-8-14(11)22-12-6-4-7-12/h2-3,5,8,10,12,18H,4,6-7,9H2,1H3. The Hall–Kier alpha value is -2.01. The van der Waals surface area contributed by atoms with Gasteiger partial charge < -0.3 is 10.1 Å². The molecule has 1 aromatic heterocycles. The first-order valence-corrected chi connectivity index (χ1v) is 7.73. The number of benzene rings is 1. The van der Waals surface area contributed by atoms with Crippen molar-refractivity contribution < 1.29 is 4.74 Å². The molecule has 1 fully saturated rings. The molecule has 0 atom stereocenters. The van der Waals surface area contributed by atoms with Crippen LogP contribution in [0.5, 0.6) is 5.75 Å². The Kier molecular flexibility index (Phi) is 4.34. The molecule has 1 heterocycles. The first-order valence-electron chi connectivity index (χ1n) is 7.35. The highest BCUT2D eigenvalue weighted by Crippen LogP contribution is 2.28. The molecule has 6 heteroatoms. The molecule has 1 saturated carbocycles. The highest BCUT2D eigenvalue weighted by molar-refractivity contribution is 6.32. The summed E-state index contributed by atoms with van der Waals surface area (Å²) in [5.41, 5.74) is 1.25. The van der Waals surface area contributed by atoms with Crippen LogP contribution in [0.15, 0.2) is 35.3 Å². The van der Waals surface area contributed by atoms with Crippen molar-refractivity contribution in [1.29, 1.82) is 0 Å². The minimum absolute atomic E-state index is 0.148. The highest BCUT2D eigenvalue weighted by atomic mass is 35.5. The van der Waals surface area contributed by atoms with E-state index in [1.54, 1.807) is 13.2 Å². The van der Waals surface area contributed by atoms with Crippen LogP contribution in [0.1, 0.15) is 24.8 Å². The summed E-state index contributed by atoms with van der Waals surface area (Å²) in [4.78, 5) is 11.8. The summed E-state index contributed by atoms with van der Waals surface area (Å²) in [7, 11) is 1.57. The fourth-order valence-corrected chi connectivity index (χ4v) is 2.50. The zero-order valence-corrected chi connectivity index (χ0v) is 13.1. The molecule has 2 aromatic rings. The van der Waals surface area contributed by atoms with Crippen LogP contribution in [0.4, 0.5) is 5.69 Å². The Morgan fingerprint density at radius 3 is 2.91 bits per heavy atom. The molecule has 1 aliphatic carbocycles. The van der Waals surface area contributed by atoms with Gasteiger partial charge in [-0.05, 0) is 25.3 Å². The summed E-state index contributed by atoms with van der Waals surface area (Å²) in [6, 6.07) is 7.90. The van der Waals surface area contributed by atoms with E-state index >= 15 is 0 Å². The van der Waals surface area contributed by atoms with E-state index in [0.29, 0.717) is 18.3 Å². The molecule has 116 valence electrons. The lowest BCUT2D eigenvalue weighted by Gasteiger charge is -2.27. The molecule has 0 spiro atoms. The number of hydrogen-bond donors (Lipinski definition) is 1. The molecule has 0 aliphatic heterocycles. The number of para-hydroxylation sites is 1. The van der Waals surface area contributed by atoms with Crippen molar-refractivity contribution in [2.45, 2.75) is 31.9 Å². The summed E-state index contributed by atoms with van der Waals surface area (Å²) in [5, 5.41) is 7.28. The van der Waals surface area contributed by atoms with Crippen LogP contribution in [0.2, 0.25) is 5.02 Å². The third-order valence-corrected chi connectivity index (χ3v) is 4.23. The van der Waals surface area contributed by atoms with Crippen LogP contribution in [-0.4, -0.2) is 15.9 Å². The summed E-state index contributed by atoms with van der Waals surface area (Å²) in [6.07, 6.45) is 5.35. The predicted molar refractivity (Wildman–Crippen MR) is 86.5 cm³/mol. The van der Waals surface area contributed by atoms with Crippen LogP contribution >= 0.6 is 11.6 Å². The van der Waals surface area contributed by atoms with E-state index < -0.39 is 0 Å².